The number of hydrogen-bond acceptors (Lipinski definition) is 3. The Balaban J connectivity index is 1.20. The largest absolute Gasteiger partial charge is 0.248 e. The van der Waals surface area contributed by atoms with E-state index >= 15 is 0 Å². The average Bonchev–Trinajstić information content (AvgIpc) is 3.53. The van der Waals surface area contributed by atoms with Gasteiger partial charge in [-0.3, -0.25) is 0 Å². The van der Waals surface area contributed by atoms with E-state index in [2.05, 4.69) is 202 Å². The van der Waals surface area contributed by atoms with Crippen LogP contribution in [0.1, 0.15) is 25.0 Å². The molecule has 0 N–H and O–H groups in total. The van der Waals surface area contributed by atoms with Crippen molar-refractivity contribution in [3.63, 3.8) is 0 Å². The molecule has 0 radical (unpaired) electrons. The second-order valence-electron chi connectivity index (χ2n) is 16.1. The van der Waals surface area contributed by atoms with Crippen LogP contribution >= 0.6 is 0 Å². The van der Waals surface area contributed by atoms with Gasteiger partial charge in [0, 0.05) is 33.1 Å². The molecule has 1 aliphatic carbocycles. The van der Waals surface area contributed by atoms with E-state index in [1.807, 2.05) is 12.1 Å². The Morgan fingerprint density at radius 2 is 0.898 bits per heavy atom. The number of aromatic nitrogens is 3. The quantitative estimate of drug-likeness (QED) is 0.170. The molecule has 278 valence electrons. The summed E-state index contributed by atoms with van der Waals surface area (Å²) in [5, 5.41) is 3.51. The standard InChI is InChI=1S/C56H39N3/c1-56(2)49-25-15-14-24-45(49)47-32-48-46(33-51(57-54(48)34-50(47)56)41-27-26-37-18-12-13-23-40(37)28-41)43-29-42(36-16-6-3-7-17-36)30-44(31-43)55-58-52(38-19-8-4-9-20-38)35-53(59-55)39-21-10-5-11-22-39/h3-35H,1-2H3. The first-order chi connectivity index (χ1) is 29.0. The van der Waals surface area contributed by atoms with Gasteiger partial charge in [0.1, 0.15) is 0 Å². The molecule has 0 spiro atoms. The zero-order valence-electron chi connectivity index (χ0n) is 32.9. The minimum absolute atomic E-state index is 0.154. The van der Waals surface area contributed by atoms with Gasteiger partial charge in [-0.15, -0.1) is 0 Å². The molecule has 59 heavy (non-hydrogen) atoms. The Kier molecular flexibility index (Phi) is 8.16. The minimum atomic E-state index is -0.154. The first-order valence-electron chi connectivity index (χ1n) is 20.3. The zero-order valence-corrected chi connectivity index (χ0v) is 32.9. The minimum Gasteiger partial charge on any atom is -0.248 e. The van der Waals surface area contributed by atoms with Crippen molar-refractivity contribution in [1.29, 1.82) is 0 Å². The van der Waals surface area contributed by atoms with E-state index < -0.39 is 0 Å². The smallest absolute Gasteiger partial charge is 0.160 e. The zero-order chi connectivity index (χ0) is 39.5. The number of nitrogens with zero attached hydrogens (tertiary/aromatic N) is 3. The van der Waals surface area contributed by atoms with Crippen molar-refractivity contribution in [2.24, 2.45) is 0 Å². The fourth-order valence-electron chi connectivity index (χ4n) is 8.96. The van der Waals surface area contributed by atoms with E-state index in [1.165, 1.54) is 33.0 Å². The Morgan fingerprint density at radius 3 is 1.61 bits per heavy atom. The predicted octanol–water partition coefficient (Wildman–Crippen LogP) is 14.5. The fourth-order valence-corrected chi connectivity index (χ4v) is 8.96. The molecule has 3 nitrogen and oxygen atoms in total. The molecular weight excluding hydrogens is 715 g/mol. The van der Waals surface area contributed by atoms with Crippen LogP contribution in [0.15, 0.2) is 200 Å². The highest BCUT2D eigenvalue weighted by atomic mass is 14.9. The Hall–Kier alpha value is -7.49. The van der Waals surface area contributed by atoms with Gasteiger partial charge in [0.05, 0.1) is 22.6 Å². The molecule has 0 saturated carbocycles. The van der Waals surface area contributed by atoms with E-state index in [-0.39, 0.29) is 5.41 Å². The lowest BCUT2D eigenvalue weighted by atomic mass is 9.82. The summed E-state index contributed by atoms with van der Waals surface area (Å²) < 4.78 is 0. The van der Waals surface area contributed by atoms with E-state index in [9.17, 15) is 0 Å². The van der Waals surface area contributed by atoms with Gasteiger partial charge < -0.3 is 0 Å². The van der Waals surface area contributed by atoms with Crippen LogP contribution in [0.4, 0.5) is 0 Å². The predicted molar refractivity (Wildman–Crippen MR) is 245 cm³/mol. The molecule has 0 aliphatic heterocycles. The van der Waals surface area contributed by atoms with Crippen LogP contribution in [0.2, 0.25) is 0 Å². The van der Waals surface area contributed by atoms with Crippen LogP contribution in [0.25, 0.3) is 100 Å². The summed E-state index contributed by atoms with van der Waals surface area (Å²) in [5.74, 6) is 0.675. The summed E-state index contributed by atoms with van der Waals surface area (Å²) in [6.07, 6.45) is 0. The molecule has 10 aromatic rings. The molecule has 2 aromatic heterocycles. The molecule has 0 atom stereocenters. The van der Waals surface area contributed by atoms with Crippen molar-refractivity contribution < 1.29 is 0 Å². The number of pyridine rings is 1. The second kappa shape index (κ2) is 13.9. The summed E-state index contributed by atoms with van der Waals surface area (Å²) in [7, 11) is 0. The van der Waals surface area contributed by atoms with Gasteiger partial charge in [0.15, 0.2) is 5.82 Å². The molecule has 0 amide bonds. The van der Waals surface area contributed by atoms with Crippen molar-refractivity contribution >= 4 is 21.7 Å². The van der Waals surface area contributed by atoms with Crippen molar-refractivity contribution in [2.45, 2.75) is 19.3 Å². The molecule has 3 heteroatoms. The third-order valence-electron chi connectivity index (χ3n) is 12.0. The van der Waals surface area contributed by atoms with Gasteiger partial charge in [-0.2, -0.15) is 0 Å². The monoisotopic (exact) mass is 753 g/mol. The highest BCUT2D eigenvalue weighted by Crippen LogP contribution is 2.51. The Bertz CT molecular complexity index is 3170. The summed E-state index contributed by atoms with van der Waals surface area (Å²) >= 11 is 0. The lowest BCUT2D eigenvalue weighted by molar-refractivity contribution is 0.661. The van der Waals surface area contributed by atoms with Gasteiger partial charge >= 0.3 is 0 Å². The SMILES string of the molecule is CC1(C)c2ccccc2-c2cc3c(-c4cc(-c5ccccc5)cc(-c5nc(-c6ccccc6)cc(-c6ccccc6)n5)c4)cc(-c4ccc5ccccc5c4)nc3cc21. The maximum absolute atomic E-state index is 5.47. The highest BCUT2D eigenvalue weighted by Gasteiger charge is 2.36. The van der Waals surface area contributed by atoms with Crippen molar-refractivity contribution in [2.75, 3.05) is 0 Å². The fraction of sp³-hybridized carbons (Fsp3) is 0.0536. The van der Waals surface area contributed by atoms with E-state index in [1.54, 1.807) is 0 Å². The lowest BCUT2D eigenvalue weighted by Gasteiger charge is -2.22. The van der Waals surface area contributed by atoms with Gasteiger partial charge in [-0.25, -0.2) is 15.0 Å². The van der Waals surface area contributed by atoms with Crippen LogP contribution < -0.4 is 0 Å². The van der Waals surface area contributed by atoms with Crippen molar-refractivity contribution in [1.82, 2.24) is 15.0 Å². The van der Waals surface area contributed by atoms with Gasteiger partial charge in [-0.05, 0) is 104 Å². The number of rotatable bonds is 6. The maximum atomic E-state index is 5.47. The van der Waals surface area contributed by atoms with Crippen LogP contribution in [0.5, 0.6) is 0 Å². The van der Waals surface area contributed by atoms with E-state index in [4.69, 9.17) is 15.0 Å². The number of benzene rings is 8. The molecule has 1 aliphatic rings. The summed E-state index contributed by atoms with van der Waals surface area (Å²) in [6, 6.07) is 71.4. The summed E-state index contributed by atoms with van der Waals surface area (Å²) in [5.41, 5.74) is 17.3. The normalized spacial score (nSPS) is 12.7. The Labute approximate surface area is 344 Å². The van der Waals surface area contributed by atoms with E-state index in [0.29, 0.717) is 5.82 Å². The van der Waals surface area contributed by atoms with Gasteiger partial charge in [0.2, 0.25) is 0 Å². The number of hydrogen-bond donors (Lipinski definition) is 0. The third-order valence-corrected chi connectivity index (χ3v) is 12.0. The summed E-state index contributed by atoms with van der Waals surface area (Å²) in [6.45, 7) is 4.67. The molecule has 0 bridgehead atoms. The van der Waals surface area contributed by atoms with Crippen LogP contribution in [-0.2, 0) is 5.41 Å². The Morgan fingerprint density at radius 1 is 0.322 bits per heavy atom. The van der Waals surface area contributed by atoms with Crippen molar-refractivity contribution in [3.8, 4) is 78.5 Å². The van der Waals surface area contributed by atoms with Crippen LogP contribution in [0.3, 0.4) is 0 Å². The van der Waals surface area contributed by atoms with E-state index in [0.717, 1.165) is 72.5 Å². The average molecular weight is 754 g/mol. The maximum Gasteiger partial charge on any atom is 0.160 e. The first-order valence-corrected chi connectivity index (χ1v) is 20.3. The molecule has 11 rings (SSSR count). The molecule has 0 unspecified atom stereocenters. The third kappa shape index (κ3) is 6.11. The second-order valence-corrected chi connectivity index (χ2v) is 16.1. The first kappa shape index (κ1) is 34.7. The topological polar surface area (TPSA) is 38.7 Å². The molecule has 0 saturated heterocycles. The van der Waals surface area contributed by atoms with Gasteiger partial charge in [-0.1, -0.05) is 166 Å². The molecule has 2 heterocycles. The highest BCUT2D eigenvalue weighted by molar-refractivity contribution is 6.03. The molecule has 0 fully saturated rings. The molecular formula is C56H39N3. The van der Waals surface area contributed by atoms with Crippen LogP contribution in [0, 0.1) is 0 Å². The lowest BCUT2D eigenvalue weighted by Crippen LogP contribution is -2.14. The number of fused-ring (bicyclic) bond motifs is 5. The van der Waals surface area contributed by atoms with Crippen LogP contribution in [-0.4, -0.2) is 15.0 Å². The summed E-state index contributed by atoms with van der Waals surface area (Å²) in [4.78, 5) is 16.1. The van der Waals surface area contributed by atoms with Crippen molar-refractivity contribution in [3.05, 3.63) is 211 Å². The van der Waals surface area contributed by atoms with Gasteiger partial charge in [0.25, 0.3) is 0 Å². The molecule has 8 aromatic carbocycles.